The lowest BCUT2D eigenvalue weighted by molar-refractivity contribution is -0.129. The molecule has 2 aromatic carbocycles. The summed E-state index contributed by atoms with van der Waals surface area (Å²) < 4.78 is 10.4. The number of hydrogen-bond donors (Lipinski definition) is 0. The summed E-state index contributed by atoms with van der Waals surface area (Å²) in [7, 11) is 1.63. The molecule has 0 N–H and O–H groups in total. The normalized spacial score (nSPS) is 17.7. The largest absolute Gasteiger partial charge is 0.497 e. The maximum atomic E-state index is 13.1. The number of benzene rings is 2. The molecule has 1 saturated heterocycles. The van der Waals surface area contributed by atoms with Crippen LogP contribution in [0.1, 0.15) is 43.4 Å². The van der Waals surface area contributed by atoms with Crippen LogP contribution in [0.5, 0.6) is 5.75 Å². The van der Waals surface area contributed by atoms with E-state index in [1.165, 1.54) is 4.90 Å². The number of methoxy groups -OCH3 is 1. The lowest BCUT2D eigenvalue weighted by Gasteiger charge is -2.25. The molecule has 0 aliphatic carbocycles. The van der Waals surface area contributed by atoms with Gasteiger partial charge in [0.15, 0.2) is 0 Å². The monoisotopic (exact) mass is 367 g/mol. The summed E-state index contributed by atoms with van der Waals surface area (Å²) in [5.41, 5.74) is 1.96. The van der Waals surface area contributed by atoms with E-state index in [-0.39, 0.29) is 36.8 Å². The SMILES string of the molecule is COc1ccc([C@@H](CC(=O)N2C(=O)OC[C@H]2c2ccccc2)C(C)C)cc1. The lowest BCUT2D eigenvalue weighted by atomic mass is 9.85. The van der Waals surface area contributed by atoms with Gasteiger partial charge < -0.3 is 9.47 Å². The highest BCUT2D eigenvalue weighted by Crippen LogP contribution is 2.33. The Bertz CT molecular complexity index is 786. The van der Waals surface area contributed by atoms with Gasteiger partial charge in [-0.05, 0) is 35.1 Å². The maximum absolute atomic E-state index is 13.1. The number of rotatable bonds is 6. The first-order valence-corrected chi connectivity index (χ1v) is 9.19. The molecule has 27 heavy (non-hydrogen) atoms. The van der Waals surface area contributed by atoms with Crippen LogP contribution in [0, 0.1) is 5.92 Å². The maximum Gasteiger partial charge on any atom is 0.417 e. The molecule has 2 amide bonds. The van der Waals surface area contributed by atoms with E-state index in [0.717, 1.165) is 16.9 Å². The fourth-order valence-corrected chi connectivity index (χ4v) is 3.49. The van der Waals surface area contributed by atoms with E-state index in [9.17, 15) is 9.59 Å². The highest BCUT2D eigenvalue weighted by molar-refractivity contribution is 5.94. The number of hydrogen-bond acceptors (Lipinski definition) is 4. The highest BCUT2D eigenvalue weighted by atomic mass is 16.6. The van der Waals surface area contributed by atoms with E-state index in [1.807, 2.05) is 54.6 Å². The third kappa shape index (κ3) is 4.13. The number of cyclic esters (lactones) is 1. The van der Waals surface area contributed by atoms with Crippen molar-refractivity contribution in [3.05, 3.63) is 65.7 Å². The zero-order valence-electron chi connectivity index (χ0n) is 15.9. The first kappa shape index (κ1) is 19.0. The summed E-state index contributed by atoms with van der Waals surface area (Å²) in [6, 6.07) is 16.9. The fourth-order valence-electron chi connectivity index (χ4n) is 3.49. The molecule has 5 nitrogen and oxygen atoms in total. The molecule has 1 heterocycles. The molecule has 5 heteroatoms. The molecular formula is C22H25NO4. The minimum atomic E-state index is -0.564. The van der Waals surface area contributed by atoms with E-state index < -0.39 is 6.09 Å². The second-order valence-corrected chi connectivity index (χ2v) is 7.09. The molecule has 0 saturated carbocycles. The topological polar surface area (TPSA) is 55.8 Å². The van der Waals surface area contributed by atoms with Crippen LogP contribution in [0.15, 0.2) is 54.6 Å². The second kappa shape index (κ2) is 8.25. The minimum absolute atomic E-state index is 0.00762. The molecule has 0 spiro atoms. The predicted octanol–water partition coefficient (Wildman–Crippen LogP) is 4.55. The van der Waals surface area contributed by atoms with Crippen molar-refractivity contribution in [2.75, 3.05) is 13.7 Å². The summed E-state index contributed by atoms with van der Waals surface area (Å²) in [6.07, 6.45) is -0.311. The van der Waals surface area contributed by atoms with E-state index in [0.29, 0.717) is 0 Å². The molecule has 0 unspecified atom stereocenters. The van der Waals surface area contributed by atoms with Gasteiger partial charge in [-0.25, -0.2) is 9.69 Å². The van der Waals surface area contributed by atoms with Crippen LogP contribution < -0.4 is 4.74 Å². The first-order valence-electron chi connectivity index (χ1n) is 9.19. The average molecular weight is 367 g/mol. The third-order valence-corrected chi connectivity index (χ3v) is 5.07. The summed E-state index contributed by atoms with van der Waals surface area (Å²) >= 11 is 0. The van der Waals surface area contributed by atoms with E-state index >= 15 is 0 Å². The van der Waals surface area contributed by atoms with Gasteiger partial charge in [-0.3, -0.25) is 4.79 Å². The Labute approximate surface area is 159 Å². The van der Waals surface area contributed by atoms with Gasteiger partial charge in [0, 0.05) is 6.42 Å². The van der Waals surface area contributed by atoms with Gasteiger partial charge in [-0.1, -0.05) is 56.3 Å². The number of ether oxygens (including phenoxy) is 2. The van der Waals surface area contributed by atoms with Crippen molar-refractivity contribution in [1.29, 1.82) is 0 Å². The van der Waals surface area contributed by atoms with Crippen molar-refractivity contribution in [2.24, 2.45) is 5.92 Å². The Morgan fingerprint density at radius 2 is 1.81 bits per heavy atom. The third-order valence-electron chi connectivity index (χ3n) is 5.07. The molecule has 0 radical (unpaired) electrons. The quantitative estimate of drug-likeness (QED) is 0.752. The molecule has 2 atom stereocenters. The van der Waals surface area contributed by atoms with Crippen LogP contribution in [-0.4, -0.2) is 30.6 Å². The average Bonchev–Trinajstić information content (AvgIpc) is 3.08. The number of amides is 2. The molecular weight excluding hydrogens is 342 g/mol. The molecule has 1 aliphatic rings. The fraction of sp³-hybridized carbons (Fsp3) is 0.364. The van der Waals surface area contributed by atoms with Crippen molar-refractivity contribution in [3.63, 3.8) is 0 Å². The van der Waals surface area contributed by atoms with Crippen molar-refractivity contribution in [2.45, 2.75) is 32.2 Å². The molecule has 1 fully saturated rings. The van der Waals surface area contributed by atoms with Gasteiger partial charge >= 0.3 is 6.09 Å². The highest BCUT2D eigenvalue weighted by Gasteiger charge is 2.39. The number of carbonyl (C=O) groups excluding carboxylic acids is 2. The number of imide groups is 1. The van der Waals surface area contributed by atoms with Crippen molar-refractivity contribution >= 4 is 12.0 Å². The Hall–Kier alpha value is -2.82. The Kier molecular flexibility index (Phi) is 5.79. The van der Waals surface area contributed by atoms with E-state index in [1.54, 1.807) is 7.11 Å². The minimum Gasteiger partial charge on any atom is -0.497 e. The Morgan fingerprint density at radius 3 is 2.41 bits per heavy atom. The molecule has 2 aromatic rings. The van der Waals surface area contributed by atoms with Gasteiger partial charge in [-0.2, -0.15) is 0 Å². The summed E-state index contributed by atoms with van der Waals surface area (Å²) in [5, 5.41) is 0. The van der Waals surface area contributed by atoms with Crippen molar-refractivity contribution in [3.8, 4) is 5.75 Å². The first-order chi connectivity index (χ1) is 13.0. The van der Waals surface area contributed by atoms with Gasteiger partial charge in [0.25, 0.3) is 0 Å². The zero-order chi connectivity index (χ0) is 19.4. The van der Waals surface area contributed by atoms with Gasteiger partial charge in [0.1, 0.15) is 18.4 Å². The van der Waals surface area contributed by atoms with Crippen LogP contribution in [-0.2, 0) is 9.53 Å². The van der Waals surface area contributed by atoms with Gasteiger partial charge in [0.05, 0.1) is 7.11 Å². The van der Waals surface area contributed by atoms with Crippen LogP contribution in [0.3, 0.4) is 0 Å². The van der Waals surface area contributed by atoms with Crippen molar-refractivity contribution < 1.29 is 19.1 Å². The predicted molar refractivity (Wildman–Crippen MR) is 103 cm³/mol. The number of nitrogens with zero attached hydrogens (tertiary/aromatic N) is 1. The van der Waals surface area contributed by atoms with Crippen LogP contribution in [0.25, 0.3) is 0 Å². The zero-order valence-corrected chi connectivity index (χ0v) is 15.9. The standard InChI is InChI=1S/C22H25NO4/c1-15(2)19(16-9-11-18(26-3)12-10-16)13-21(24)23-20(14-27-22(23)25)17-7-5-4-6-8-17/h4-12,15,19-20H,13-14H2,1-3H3/t19-,20-/m0/s1. The molecule has 0 aromatic heterocycles. The summed E-state index contributed by atoms with van der Waals surface area (Å²) in [5.74, 6) is 0.824. The van der Waals surface area contributed by atoms with Gasteiger partial charge in [0.2, 0.25) is 5.91 Å². The summed E-state index contributed by atoms with van der Waals surface area (Å²) in [4.78, 5) is 26.6. The molecule has 1 aliphatic heterocycles. The van der Waals surface area contributed by atoms with E-state index in [2.05, 4.69) is 13.8 Å². The Balaban J connectivity index is 1.80. The summed E-state index contributed by atoms with van der Waals surface area (Å²) in [6.45, 7) is 4.36. The smallest absolute Gasteiger partial charge is 0.417 e. The van der Waals surface area contributed by atoms with Crippen LogP contribution >= 0.6 is 0 Å². The van der Waals surface area contributed by atoms with Crippen LogP contribution in [0.2, 0.25) is 0 Å². The van der Waals surface area contributed by atoms with E-state index in [4.69, 9.17) is 9.47 Å². The number of carbonyl (C=O) groups is 2. The van der Waals surface area contributed by atoms with Crippen LogP contribution in [0.4, 0.5) is 4.79 Å². The van der Waals surface area contributed by atoms with Crippen molar-refractivity contribution in [1.82, 2.24) is 4.90 Å². The second-order valence-electron chi connectivity index (χ2n) is 7.09. The molecule has 142 valence electrons. The Morgan fingerprint density at radius 1 is 1.15 bits per heavy atom. The molecule has 3 rings (SSSR count). The lowest BCUT2D eigenvalue weighted by Crippen LogP contribution is -2.35. The molecule has 0 bridgehead atoms. The van der Waals surface area contributed by atoms with Gasteiger partial charge in [-0.15, -0.1) is 0 Å².